The minimum Gasteiger partial charge on any atom is -0.384 e. The van der Waals surface area contributed by atoms with Crippen molar-refractivity contribution >= 4 is 5.69 Å². The first-order valence-corrected chi connectivity index (χ1v) is 6.88. The molecule has 1 saturated heterocycles. The number of hydrogen-bond donors (Lipinski definition) is 1. The fourth-order valence-corrected chi connectivity index (χ4v) is 2.53. The van der Waals surface area contributed by atoms with Gasteiger partial charge < -0.3 is 15.0 Å². The number of rotatable bonds is 6. The van der Waals surface area contributed by atoms with Gasteiger partial charge in [-0.15, -0.1) is 0 Å². The number of ether oxygens (including phenoxy) is 1. The number of para-hydroxylation sites is 1. The minimum atomic E-state index is 0.772. The van der Waals surface area contributed by atoms with Crippen molar-refractivity contribution in [2.24, 2.45) is 5.92 Å². The van der Waals surface area contributed by atoms with E-state index in [1.54, 1.807) is 7.11 Å². The van der Waals surface area contributed by atoms with Gasteiger partial charge in [0.2, 0.25) is 0 Å². The zero-order valence-corrected chi connectivity index (χ0v) is 11.3. The molecule has 0 amide bonds. The molecule has 2 rings (SSSR count). The SMILES string of the molecule is COCC1CCN(CCNc2ccccc2)CC1. The number of nitrogens with one attached hydrogen (secondary N) is 1. The molecular weight excluding hydrogens is 224 g/mol. The van der Waals surface area contributed by atoms with E-state index in [9.17, 15) is 0 Å². The first kappa shape index (κ1) is 13.4. The van der Waals surface area contributed by atoms with Crippen molar-refractivity contribution in [3.8, 4) is 0 Å². The van der Waals surface area contributed by atoms with E-state index in [0.717, 1.165) is 25.6 Å². The zero-order chi connectivity index (χ0) is 12.6. The Hall–Kier alpha value is -1.06. The Morgan fingerprint density at radius 1 is 1.22 bits per heavy atom. The second-order valence-electron chi connectivity index (χ2n) is 5.03. The largest absolute Gasteiger partial charge is 0.384 e. The Balaban J connectivity index is 1.61. The number of piperidine rings is 1. The van der Waals surface area contributed by atoms with Crippen LogP contribution in [0.4, 0.5) is 5.69 Å². The lowest BCUT2D eigenvalue weighted by Gasteiger charge is -2.31. The third kappa shape index (κ3) is 4.31. The Labute approximate surface area is 110 Å². The van der Waals surface area contributed by atoms with Crippen LogP contribution in [0.2, 0.25) is 0 Å². The van der Waals surface area contributed by atoms with Crippen LogP contribution in [0, 0.1) is 5.92 Å². The Morgan fingerprint density at radius 2 is 1.94 bits per heavy atom. The number of likely N-dealkylation sites (tertiary alicyclic amines) is 1. The summed E-state index contributed by atoms with van der Waals surface area (Å²) in [5.74, 6) is 0.772. The van der Waals surface area contributed by atoms with Crippen LogP contribution in [0.5, 0.6) is 0 Å². The summed E-state index contributed by atoms with van der Waals surface area (Å²) in [5.41, 5.74) is 1.21. The van der Waals surface area contributed by atoms with E-state index in [2.05, 4.69) is 34.5 Å². The van der Waals surface area contributed by atoms with Crippen LogP contribution in [0.25, 0.3) is 0 Å². The van der Waals surface area contributed by atoms with Crippen LogP contribution < -0.4 is 5.32 Å². The van der Waals surface area contributed by atoms with Crippen molar-refractivity contribution in [2.45, 2.75) is 12.8 Å². The predicted molar refractivity (Wildman–Crippen MR) is 76.0 cm³/mol. The average molecular weight is 248 g/mol. The molecule has 100 valence electrons. The third-order valence-corrected chi connectivity index (χ3v) is 3.64. The number of nitrogens with zero attached hydrogens (tertiary/aromatic N) is 1. The zero-order valence-electron chi connectivity index (χ0n) is 11.3. The number of methoxy groups -OCH3 is 1. The molecule has 0 atom stereocenters. The lowest BCUT2D eigenvalue weighted by Crippen LogP contribution is -2.37. The molecule has 0 aliphatic carbocycles. The molecular formula is C15H24N2O. The van der Waals surface area contributed by atoms with Gasteiger partial charge in [0.1, 0.15) is 0 Å². The summed E-state index contributed by atoms with van der Waals surface area (Å²) in [7, 11) is 1.80. The van der Waals surface area contributed by atoms with Gasteiger partial charge >= 0.3 is 0 Å². The van der Waals surface area contributed by atoms with E-state index < -0.39 is 0 Å². The summed E-state index contributed by atoms with van der Waals surface area (Å²) in [6.45, 7) is 5.51. The van der Waals surface area contributed by atoms with E-state index in [4.69, 9.17) is 4.74 Å². The Kier molecular flexibility index (Phi) is 5.49. The topological polar surface area (TPSA) is 24.5 Å². The van der Waals surface area contributed by atoms with E-state index in [1.165, 1.54) is 31.6 Å². The third-order valence-electron chi connectivity index (χ3n) is 3.64. The molecule has 1 aliphatic rings. The molecule has 0 saturated carbocycles. The van der Waals surface area contributed by atoms with Crippen molar-refractivity contribution in [2.75, 3.05) is 45.2 Å². The number of anilines is 1. The Bertz CT molecular complexity index is 321. The summed E-state index contributed by atoms with van der Waals surface area (Å²) >= 11 is 0. The van der Waals surface area contributed by atoms with Gasteiger partial charge in [0.15, 0.2) is 0 Å². The summed E-state index contributed by atoms with van der Waals surface area (Å²) in [6, 6.07) is 10.4. The number of benzene rings is 1. The van der Waals surface area contributed by atoms with Crippen molar-refractivity contribution in [3.63, 3.8) is 0 Å². The molecule has 0 radical (unpaired) electrons. The summed E-state index contributed by atoms with van der Waals surface area (Å²) in [5, 5.41) is 3.46. The average Bonchev–Trinajstić information content (AvgIpc) is 2.42. The molecule has 1 fully saturated rings. The molecule has 3 nitrogen and oxygen atoms in total. The van der Waals surface area contributed by atoms with Crippen molar-refractivity contribution < 1.29 is 4.74 Å². The molecule has 1 aliphatic heterocycles. The van der Waals surface area contributed by atoms with Gasteiger partial charge in [0.25, 0.3) is 0 Å². The van der Waals surface area contributed by atoms with Gasteiger partial charge in [0.05, 0.1) is 0 Å². The van der Waals surface area contributed by atoms with Crippen LogP contribution in [0.15, 0.2) is 30.3 Å². The van der Waals surface area contributed by atoms with Gasteiger partial charge in [-0.3, -0.25) is 0 Å². The molecule has 3 heteroatoms. The molecule has 0 spiro atoms. The summed E-state index contributed by atoms with van der Waals surface area (Å²) in [6.07, 6.45) is 2.55. The van der Waals surface area contributed by atoms with Crippen LogP contribution in [-0.2, 0) is 4.74 Å². The monoisotopic (exact) mass is 248 g/mol. The highest BCUT2D eigenvalue weighted by molar-refractivity contribution is 5.42. The van der Waals surface area contributed by atoms with Crippen LogP contribution in [0.1, 0.15) is 12.8 Å². The standard InChI is InChI=1S/C15H24N2O/c1-18-13-14-7-10-17(11-8-14)12-9-16-15-5-3-2-4-6-15/h2-6,14,16H,7-13H2,1H3. The first-order chi connectivity index (χ1) is 8.88. The molecule has 1 heterocycles. The van der Waals surface area contributed by atoms with Gasteiger partial charge in [-0.1, -0.05) is 18.2 Å². The van der Waals surface area contributed by atoms with Gasteiger partial charge in [-0.05, 0) is 44.0 Å². The minimum absolute atomic E-state index is 0.772. The molecule has 0 bridgehead atoms. The van der Waals surface area contributed by atoms with Gasteiger partial charge in [0, 0.05) is 32.5 Å². The molecule has 1 aromatic carbocycles. The van der Waals surface area contributed by atoms with E-state index in [1.807, 2.05) is 6.07 Å². The second-order valence-corrected chi connectivity index (χ2v) is 5.03. The maximum absolute atomic E-state index is 5.22. The highest BCUT2D eigenvalue weighted by atomic mass is 16.5. The highest BCUT2D eigenvalue weighted by Crippen LogP contribution is 2.16. The normalized spacial score (nSPS) is 17.8. The van der Waals surface area contributed by atoms with Crippen LogP contribution >= 0.6 is 0 Å². The van der Waals surface area contributed by atoms with Crippen molar-refractivity contribution in [1.82, 2.24) is 4.90 Å². The maximum atomic E-state index is 5.22. The second kappa shape index (κ2) is 7.39. The Morgan fingerprint density at radius 3 is 2.61 bits per heavy atom. The fraction of sp³-hybridized carbons (Fsp3) is 0.600. The van der Waals surface area contributed by atoms with Crippen LogP contribution in [-0.4, -0.2) is 44.8 Å². The lowest BCUT2D eigenvalue weighted by atomic mass is 9.98. The van der Waals surface area contributed by atoms with E-state index >= 15 is 0 Å². The molecule has 1 N–H and O–H groups in total. The van der Waals surface area contributed by atoms with Gasteiger partial charge in [-0.25, -0.2) is 0 Å². The van der Waals surface area contributed by atoms with E-state index in [0.29, 0.717) is 0 Å². The van der Waals surface area contributed by atoms with Gasteiger partial charge in [-0.2, -0.15) is 0 Å². The van der Waals surface area contributed by atoms with E-state index in [-0.39, 0.29) is 0 Å². The lowest BCUT2D eigenvalue weighted by molar-refractivity contribution is 0.101. The summed E-state index contributed by atoms with van der Waals surface area (Å²) in [4.78, 5) is 2.54. The van der Waals surface area contributed by atoms with Crippen molar-refractivity contribution in [3.05, 3.63) is 30.3 Å². The van der Waals surface area contributed by atoms with Crippen molar-refractivity contribution in [1.29, 1.82) is 0 Å². The van der Waals surface area contributed by atoms with Crippen LogP contribution in [0.3, 0.4) is 0 Å². The molecule has 18 heavy (non-hydrogen) atoms. The highest BCUT2D eigenvalue weighted by Gasteiger charge is 2.18. The fourth-order valence-electron chi connectivity index (χ4n) is 2.53. The number of hydrogen-bond acceptors (Lipinski definition) is 3. The first-order valence-electron chi connectivity index (χ1n) is 6.88. The quantitative estimate of drug-likeness (QED) is 0.837. The molecule has 0 aromatic heterocycles. The maximum Gasteiger partial charge on any atom is 0.0491 e. The molecule has 1 aromatic rings. The smallest absolute Gasteiger partial charge is 0.0491 e. The molecule has 0 unspecified atom stereocenters. The predicted octanol–water partition coefficient (Wildman–Crippen LogP) is 2.46. The summed E-state index contributed by atoms with van der Waals surface area (Å²) < 4.78 is 5.22.